The highest BCUT2D eigenvalue weighted by molar-refractivity contribution is 5.76. The van der Waals surface area contributed by atoms with Crippen molar-refractivity contribution in [2.45, 2.75) is 32.5 Å². The zero-order chi connectivity index (χ0) is 11.4. The predicted molar refractivity (Wildman–Crippen MR) is 46.5 cm³/mol. The van der Waals surface area contributed by atoms with Crippen LogP contribution < -0.4 is 11.1 Å². The normalized spacial score (nSPS) is 14.2. The third-order valence-corrected chi connectivity index (χ3v) is 1.53. The van der Waals surface area contributed by atoms with Gasteiger partial charge in [0.05, 0.1) is 0 Å². The number of halogens is 3. The first-order chi connectivity index (χ1) is 6.23. The lowest BCUT2D eigenvalue weighted by atomic mass is 10.1. The summed E-state index contributed by atoms with van der Waals surface area (Å²) >= 11 is 0. The van der Waals surface area contributed by atoms with Gasteiger partial charge in [0, 0.05) is 13.0 Å². The molecule has 0 heterocycles. The Kier molecular flexibility index (Phi) is 4.90. The standard InChI is InChI=1S/C8H15F3N2O/c1-5(2)3-7(14)13-4-6(12)8(9,10)11/h5-6H,3-4,12H2,1-2H3,(H,13,14). The van der Waals surface area contributed by atoms with Crippen molar-refractivity contribution in [2.24, 2.45) is 11.7 Å². The quantitative estimate of drug-likeness (QED) is 0.731. The molecule has 0 saturated carbocycles. The molecule has 0 aliphatic rings. The number of nitrogens with one attached hydrogen (secondary N) is 1. The predicted octanol–water partition coefficient (Wildman–Crippen LogP) is 1.04. The summed E-state index contributed by atoms with van der Waals surface area (Å²) in [5.74, 6) is -0.281. The topological polar surface area (TPSA) is 55.1 Å². The fourth-order valence-corrected chi connectivity index (χ4v) is 0.782. The minimum Gasteiger partial charge on any atom is -0.354 e. The second-order valence-electron chi connectivity index (χ2n) is 3.55. The van der Waals surface area contributed by atoms with Crippen LogP contribution in [0.1, 0.15) is 20.3 Å². The van der Waals surface area contributed by atoms with E-state index in [1.54, 1.807) is 0 Å². The lowest BCUT2D eigenvalue weighted by Crippen LogP contribution is -2.46. The summed E-state index contributed by atoms with van der Waals surface area (Å²) in [6.07, 6.45) is -4.24. The molecule has 0 rings (SSSR count). The molecule has 6 heteroatoms. The number of nitrogens with two attached hydrogens (primary N) is 1. The van der Waals surface area contributed by atoms with E-state index in [1.165, 1.54) is 0 Å². The van der Waals surface area contributed by atoms with Crippen LogP contribution in [0.15, 0.2) is 0 Å². The fourth-order valence-electron chi connectivity index (χ4n) is 0.782. The molecule has 3 N–H and O–H groups in total. The SMILES string of the molecule is CC(C)CC(=O)NCC(N)C(F)(F)F. The van der Waals surface area contributed by atoms with Crippen molar-refractivity contribution in [2.75, 3.05) is 6.54 Å². The van der Waals surface area contributed by atoms with Gasteiger partial charge in [-0.05, 0) is 5.92 Å². The number of carbonyl (C=O) groups excluding carboxylic acids is 1. The Morgan fingerprint density at radius 2 is 1.93 bits per heavy atom. The third kappa shape index (κ3) is 5.80. The van der Waals surface area contributed by atoms with E-state index < -0.39 is 24.7 Å². The number of hydrogen-bond donors (Lipinski definition) is 2. The Labute approximate surface area is 80.8 Å². The number of carbonyl (C=O) groups is 1. The maximum atomic E-state index is 11.9. The summed E-state index contributed by atoms with van der Waals surface area (Å²) in [6, 6.07) is -1.99. The average molecular weight is 212 g/mol. The van der Waals surface area contributed by atoms with Crippen molar-refractivity contribution in [1.29, 1.82) is 0 Å². The summed E-state index contributed by atoms with van der Waals surface area (Å²) in [5.41, 5.74) is 4.79. The van der Waals surface area contributed by atoms with Crippen LogP contribution in [0.2, 0.25) is 0 Å². The monoisotopic (exact) mass is 212 g/mol. The Balaban J connectivity index is 3.78. The van der Waals surface area contributed by atoms with Gasteiger partial charge >= 0.3 is 6.18 Å². The zero-order valence-corrected chi connectivity index (χ0v) is 8.19. The van der Waals surface area contributed by atoms with Gasteiger partial charge in [-0.1, -0.05) is 13.8 Å². The van der Waals surface area contributed by atoms with Crippen molar-refractivity contribution >= 4 is 5.91 Å². The summed E-state index contributed by atoms with van der Waals surface area (Å²) in [6.45, 7) is 3.06. The highest BCUT2D eigenvalue weighted by atomic mass is 19.4. The molecule has 0 aliphatic heterocycles. The molecule has 0 bridgehead atoms. The molecule has 3 nitrogen and oxygen atoms in total. The second-order valence-corrected chi connectivity index (χ2v) is 3.55. The Morgan fingerprint density at radius 1 is 1.43 bits per heavy atom. The van der Waals surface area contributed by atoms with Gasteiger partial charge in [0.1, 0.15) is 6.04 Å². The van der Waals surface area contributed by atoms with Gasteiger partial charge in [0.15, 0.2) is 0 Å². The molecule has 84 valence electrons. The highest BCUT2D eigenvalue weighted by Gasteiger charge is 2.36. The van der Waals surface area contributed by atoms with Gasteiger partial charge in [-0.25, -0.2) is 0 Å². The first-order valence-corrected chi connectivity index (χ1v) is 4.32. The first kappa shape index (κ1) is 13.2. The Bertz CT molecular complexity index is 192. The number of amides is 1. The molecule has 0 aromatic rings. The van der Waals surface area contributed by atoms with Crippen molar-refractivity contribution in [3.8, 4) is 0 Å². The largest absolute Gasteiger partial charge is 0.405 e. The number of alkyl halides is 3. The molecule has 1 atom stereocenters. The first-order valence-electron chi connectivity index (χ1n) is 4.32. The van der Waals surface area contributed by atoms with Gasteiger partial charge in [0.2, 0.25) is 5.91 Å². The van der Waals surface area contributed by atoms with Crippen molar-refractivity contribution < 1.29 is 18.0 Å². The fraction of sp³-hybridized carbons (Fsp3) is 0.875. The van der Waals surface area contributed by atoms with Crippen LogP contribution in [0.5, 0.6) is 0 Å². The lowest BCUT2D eigenvalue weighted by Gasteiger charge is -2.16. The minimum atomic E-state index is -4.45. The van der Waals surface area contributed by atoms with Crippen LogP contribution in [0.3, 0.4) is 0 Å². The summed E-state index contributed by atoms with van der Waals surface area (Å²) in [5, 5.41) is 2.14. The van der Waals surface area contributed by atoms with Crippen LogP contribution in [0, 0.1) is 5.92 Å². The summed E-state index contributed by atoms with van der Waals surface area (Å²) < 4.78 is 35.7. The lowest BCUT2D eigenvalue weighted by molar-refractivity contribution is -0.147. The Hall–Kier alpha value is -0.780. The molecular weight excluding hydrogens is 197 g/mol. The van der Waals surface area contributed by atoms with Gasteiger partial charge in [-0.3, -0.25) is 4.79 Å². The molecule has 0 aliphatic carbocycles. The molecule has 0 aromatic carbocycles. The summed E-state index contributed by atoms with van der Waals surface area (Å²) in [7, 11) is 0. The number of rotatable bonds is 4. The van der Waals surface area contributed by atoms with Crippen LogP contribution in [0.25, 0.3) is 0 Å². The Morgan fingerprint density at radius 3 is 2.29 bits per heavy atom. The van der Waals surface area contributed by atoms with Crippen LogP contribution in [-0.4, -0.2) is 24.7 Å². The molecule has 0 saturated heterocycles. The smallest absolute Gasteiger partial charge is 0.354 e. The van der Waals surface area contributed by atoms with E-state index in [0.29, 0.717) is 0 Å². The van der Waals surface area contributed by atoms with Crippen LogP contribution in [-0.2, 0) is 4.79 Å². The zero-order valence-electron chi connectivity index (χ0n) is 8.19. The molecule has 0 aromatic heterocycles. The van der Waals surface area contributed by atoms with E-state index in [4.69, 9.17) is 5.73 Å². The molecule has 0 radical (unpaired) electrons. The molecule has 0 spiro atoms. The molecular formula is C8H15F3N2O. The minimum absolute atomic E-state index is 0.122. The van der Waals surface area contributed by atoms with E-state index in [-0.39, 0.29) is 12.3 Å². The average Bonchev–Trinajstić information content (AvgIpc) is 1.96. The van der Waals surface area contributed by atoms with E-state index >= 15 is 0 Å². The van der Waals surface area contributed by atoms with E-state index in [2.05, 4.69) is 5.32 Å². The highest BCUT2D eigenvalue weighted by Crippen LogP contribution is 2.17. The van der Waals surface area contributed by atoms with Gasteiger partial charge in [-0.15, -0.1) is 0 Å². The summed E-state index contributed by atoms with van der Waals surface area (Å²) in [4.78, 5) is 11.0. The molecule has 0 fully saturated rings. The van der Waals surface area contributed by atoms with E-state index in [0.717, 1.165) is 0 Å². The van der Waals surface area contributed by atoms with E-state index in [9.17, 15) is 18.0 Å². The van der Waals surface area contributed by atoms with Crippen molar-refractivity contribution in [1.82, 2.24) is 5.32 Å². The van der Waals surface area contributed by atoms with Gasteiger partial charge < -0.3 is 11.1 Å². The van der Waals surface area contributed by atoms with Crippen LogP contribution >= 0.6 is 0 Å². The molecule has 1 unspecified atom stereocenters. The van der Waals surface area contributed by atoms with Crippen LogP contribution in [0.4, 0.5) is 13.2 Å². The van der Waals surface area contributed by atoms with E-state index in [1.807, 2.05) is 13.8 Å². The number of hydrogen-bond acceptors (Lipinski definition) is 2. The van der Waals surface area contributed by atoms with Crippen molar-refractivity contribution in [3.05, 3.63) is 0 Å². The molecule has 1 amide bonds. The maximum absolute atomic E-state index is 11.9. The third-order valence-electron chi connectivity index (χ3n) is 1.53. The van der Waals surface area contributed by atoms with Gasteiger partial charge in [-0.2, -0.15) is 13.2 Å². The van der Waals surface area contributed by atoms with Gasteiger partial charge in [0.25, 0.3) is 0 Å². The maximum Gasteiger partial charge on any atom is 0.405 e. The van der Waals surface area contributed by atoms with Crippen molar-refractivity contribution in [3.63, 3.8) is 0 Å². The molecule has 14 heavy (non-hydrogen) atoms. The second kappa shape index (κ2) is 5.19.